The number of carbonyl (C=O) groups excluding carboxylic acids is 3. The molecule has 0 unspecified atom stereocenters. The number of nitrogens with one attached hydrogen (secondary N) is 2. The molecule has 0 saturated heterocycles. The molecular weight excluding hydrogens is 478 g/mol. The molecule has 2 amide bonds. The van der Waals surface area contributed by atoms with E-state index < -0.39 is 17.6 Å². The van der Waals surface area contributed by atoms with E-state index in [2.05, 4.69) is 25.6 Å². The van der Waals surface area contributed by atoms with Crippen LogP contribution in [-0.2, 0) is 20.9 Å². The minimum absolute atomic E-state index is 0.00145. The topological polar surface area (TPSA) is 184 Å². The number of alkyl carbamates (subject to hydrolysis) is 1. The van der Waals surface area contributed by atoms with Crippen LogP contribution < -0.4 is 22.1 Å². The van der Waals surface area contributed by atoms with Crippen molar-refractivity contribution in [1.82, 2.24) is 20.6 Å². The number of nitrogens with zero attached hydrogens (tertiary/aromatic N) is 3. The zero-order valence-electron chi connectivity index (χ0n) is 19.6. The molecule has 2 rings (SSSR count). The number of ether oxygens (including phenoxy) is 2. The molecule has 2 aromatic rings. The van der Waals surface area contributed by atoms with Gasteiger partial charge in [-0.3, -0.25) is 14.9 Å². The molecule has 0 spiro atoms. The number of nitrogen functional groups attached to an aromatic ring is 2. The van der Waals surface area contributed by atoms with Gasteiger partial charge in [0.15, 0.2) is 22.5 Å². The highest BCUT2D eigenvalue weighted by atomic mass is 35.5. The van der Waals surface area contributed by atoms with Gasteiger partial charge in [0, 0.05) is 13.0 Å². The second-order valence-electron chi connectivity index (χ2n) is 8.20. The molecule has 13 heteroatoms. The van der Waals surface area contributed by atoms with Gasteiger partial charge < -0.3 is 26.3 Å². The molecule has 1 aromatic heterocycles. The lowest BCUT2D eigenvalue weighted by Gasteiger charge is -2.19. The molecule has 0 radical (unpaired) electrons. The number of benzene rings is 1. The number of rotatable bonds is 7. The van der Waals surface area contributed by atoms with E-state index in [0.717, 1.165) is 5.56 Å². The number of carbonyl (C=O) groups is 3. The third-order valence-corrected chi connectivity index (χ3v) is 4.30. The Kier molecular flexibility index (Phi) is 9.76. The van der Waals surface area contributed by atoms with E-state index in [1.807, 2.05) is 6.07 Å². The molecule has 1 heterocycles. The van der Waals surface area contributed by atoms with Crippen molar-refractivity contribution < 1.29 is 23.9 Å². The molecule has 1 aromatic carbocycles. The Balaban J connectivity index is 2.07. The van der Waals surface area contributed by atoms with Crippen molar-refractivity contribution in [3.8, 4) is 0 Å². The summed E-state index contributed by atoms with van der Waals surface area (Å²) in [5, 5.41) is 4.91. The number of aromatic nitrogens is 2. The second kappa shape index (κ2) is 12.5. The monoisotopic (exact) mass is 505 g/mol. The normalized spacial score (nSPS) is 11.5. The number of esters is 1. The molecule has 0 atom stereocenters. The molecule has 0 aliphatic rings. The van der Waals surface area contributed by atoms with Crippen molar-refractivity contribution in [3.05, 3.63) is 46.7 Å². The van der Waals surface area contributed by atoms with E-state index in [4.69, 9.17) is 32.5 Å². The van der Waals surface area contributed by atoms with E-state index >= 15 is 0 Å². The standard InChI is InChI=1S/C22H28ClN7O5/c1-22(2,3)35-14(31)10-7-11-26-20(30-21(33)34-12-13-8-5-4-6-9-13)29-19(32)15-17(24)28-18(25)16(23)27-15/h4-6,8-9H,7,10-12H2,1-3H3,(H4,24,25,28)(H2,26,29,30,32,33). The van der Waals surface area contributed by atoms with E-state index in [1.165, 1.54) is 0 Å². The summed E-state index contributed by atoms with van der Waals surface area (Å²) in [7, 11) is 0. The van der Waals surface area contributed by atoms with Crippen molar-refractivity contribution >= 4 is 47.2 Å². The molecule has 35 heavy (non-hydrogen) atoms. The Hall–Kier alpha value is -3.93. The smallest absolute Gasteiger partial charge is 0.414 e. The van der Waals surface area contributed by atoms with Crippen molar-refractivity contribution in [2.45, 2.75) is 45.8 Å². The number of halogens is 1. The fraction of sp³-hybridized carbons (Fsp3) is 0.364. The van der Waals surface area contributed by atoms with Gasteiger partial charge in [-0.15, -0.1) is 0 Å². The Labute approximate surface area is 207 Å². The first-order chi connectivity index (χ1) is 16.4. The molecule has 0 fully saturated rings. The maximum absolute atomic E-state index is 12.6. The first-order valence-electron chi connectivity index (χ1n) is 10.6. The first-order valence-corrected chi connectivity index (χ1v) is 11.0. The number of hydrogen-bond acceptors (Lipinski definition) is 9. The molecule has 0 aliphatic heterocycles. The van der Waals surface area contributed by atoms with E-state index in [-0.39, 0.29) is 54.0 Å². The summed E-state index contributed by atoms with van der Waals surface area (Å²) in [6.45, 7) is 5.47. The van der Waals surface area contributed by atoms with E-state index in [0.29, 0.717) is 6.42 Å². The lowest BCUT2D eigenvalue weighted by Crippen LogP contribution is -2.42. The quantitative estimate of drug-likeness (QED) is 0.188. The Morgan fingerprint density at radius 2 is 1.77 bits per heavy atom. The maximum Gasteiger partial charge on any atom is 0.414 e. The average molecular weight is 506 g/mol. The zero-order chi connectivity index (χ0) is 26.0. The maximum atomic E-state index is 12.6. The molecular formula is C22H28ClN7O5. The van der Waals surface area contributed by atoms with Crippen LogP contribution in [0.3, 0.4) is 0 Å². The first kappa shape index (κ1) is 27.3. The van der Waals surface area contributed by atoms with Gasteiger partial charge in [0.05, 0.1) is 0 Å². The van der Waals surface area contributed by atoms with Crippen LogP contribution in [0.2, 0.25) is 5.15 Å². The Bertz CT molecular complexity index is 1090. The van der Waals surface area contributed by atoms with Gasteiger partial charge in [-0.05, 0) is 32.8 Å². The highest BCUT2D eigenvalue weighted by molar-refractivity contribution is 6.31. The summed E-state index contributed by atoms with van der Waals surface area (Å²) in [5.74, 6) is -1.99. The predicted molar refractivity (Wildman–Crippen MR) is 130 cm³/mol. The van der Waals surface area contributed by atoms with Crippen LogP contribution in [0.4, 0.5) is 16.4 Å². The lowest BCUT2D eigenvalue weighted by atomic mass is 10.2. The summed E-state index contributed by atoms with van der Waals surface area (Å²) in [4.78, 5) is 48.1. The third kappa shape index (κ3) is 9.84. The van der Waals surface area contributed by atoms with Crippen LogP contribution in [0.1, 0.15) is 49.7 Å². The van der Waals surface area contributed by atoms with Gasteiger partial charge in [0.1, 0.15) is 12.2 Å². The number of nitrogens with two attached hydrogens (primary N) is 2. The summed E-state index contributed by atoms with van der Waals surface area (Å²) in [5.41, 5.74) is 11.0. The van der Waals surface area contributed by atoms with Crippen molar-refractivity contribution in [3.63, 3.8) is 0 Å². The number of anilines is 2. The van der Waals surface area contributed by atoms with Crippen LogP contribution in [0.5, 0.6) is 0 Å². The van der Waals surface area contributed by atoms with Gasteiger partial charge in [-0.25, -0.2) is 14.8 Å². The predicted octanol–water partition coefficient (Wildman–Crippen LogP) is 2.43. The van der Waals surface area contributed by atoms with Crippen molar-refractivity contribution in [2.24, 2.45) is 4.99 Å². The molecule has 0 saturated carbocycles. The largest absolute Gasteiger partial charge is 0.460 e. The fourth-order valence-corrected chi connectivity index (χ4v) is 2.68. The SMILES string of the molecule is CC(C)(C)OC(=O)CCCN/C(=N/C(=O)c1nc(Cl)c(N)nc1N)NC(=O)OCc1ccccc1. The zero-order valence-corrected chi connectivity index (χ0v) is 20.4. The lowest BCUT2D eigenvalue weighted by molar-refractivity contribution is -0.154. The number of guanidine groups is 1. The molecule has 0 aliphatic carbocycles. The van der Waals surface area contributed by atoms with Crippen molar-refractivity contribution in [1.29, 1.82) is 0 Å². The molecule has 12 nitrogen and oxygen atoms in total. The third-order valence-electron chi connectivity index (χ3n) is 4.02. The van der Waals surface area contributed by atoms with E-state index in [9.17, 15) is 14.4 Å². The van der Waals surface area contributed by atoms with Gasteiger partial charge in [0.2, 0.25) is 5.96 Å². The number of hydrogen-bond donors (Lipinski definition) is 4. The number of aliphatic imine (C=N–C) groups is 1. The minimum atomic E-state index is -0.935. The summed E-state index contributed by atoms with van der Waals surface area (Å²) in [6, 6.07) is 9.01. The minimum Gasteiger partial charge on any atom is -0.460 e. The fourth-order valence-electron chi connectivity index (χ4n) is 2.55. The Morgan fingerprint density at radius 3 is 2.43 bits per heavy atom. The van der Waals surface area contributed by atoms with Crippen LogP contribution >= 0.6 is 11.6 Å². The van der Waals surface area contributed by atoms with Gasteiger partial charge in [-0.2, -0.15) is 4.99 Å². The Morgan fingerprint density at radius 1 is 1.09 bits per heavy atom. The average Bonchev–Trinajstić information content (AvgIpc) is 2.77. The van der Waals surface area contributed by atoms with E-state index in [1.54, 1.807) is 45.0 Å². The second-order valence-corrected chi connectivity index (χ2v) is 8.56. The highest BCUT2D eigenvalue weighted by Crippen LogP contribution is 2.18. The summed E-state index contributed by atoms with van der Waals surface area (Å²) < 4.78 is 10.4. The van der Waals surface area contributed by atoms with Crippen LogP contribution in [0.15, 0.2) is 35.3 Å². The molecule has 0 bridgehead atoms. The van der Waals surface area contributed by atoms with Crippen LogP contribution in [-0.4, -0.2) is 46.0 Å². The van der Waals surface area contributed by atoms with Gasteiger partial charge >= 0.3 is 18.0 Å². The van der Waals surface area contributed by atoms with Crippen LogP contribution in [0, 0.1) is 0 Å². The highest BCUT2D eigenvalue weighted by Gasteiger charge is 2.19. The summed E-state index contributed by atoms with van der Waals surface area (Å²) >= 11 is 5.82. The summed E-state index contributed by atoms with van der Waals surface area (Å²) in [6.07, 6.45) is -0.427. The number of amides is 2. The molecule has 188 valence electrons. The van der Waals surface area contributed by atoms with Gasteiger partial charge in [-0.1, -0.05) is 41.9 Å². The van der Waals surface area contributed by atoms with Gasteiger partial charge in [0.25, 0.3) is 0 Å². The van der Waals surface area contributed by atoms with Crippen LogP contribution in [0.25, 0.3) is 0 Å². The van der Waals surface area contributed by atoms with Crippen molar-refractivity contribution in [2.75, 3.05) is 18.0 Å². The molecule has 6 N–H and O–H groups in total.